The number of ether oxygens (including phenoxy) is 2. The Morgan fingerprint density at radius 3 is 2.32 bits per heavy atom. The fraction of sp³-hybridized carbons (Fsp3) is 0.125. The van der Waals surface area contributed by atoms with Gasteiger partial charge in [0.2, 0.25) is 0 Å². The Morgan fingerprint density at radius 2 is 1.61 bits per heavy atom. The molecule has 0 fully saturated rings. The van der Waals surface area contributed by atoms with Gasteiger partial charge in [-0.25, -0.2) is 4.99 Å². The van der Waals surface area contributed by atoms with Crippen LogP contribution < -0.4 is 9.47 Å². The van der Waals surface area contributed by atoms with Crippen LogP contribution in [0.3, 0.4) is 0 Å². The molecule has 0 aliphatic carbocycles. The van der Waals surface area contributed by atoms with Gasteiger partial charge >= 0.3 is 0 Å². The van der Waals surface area contributed by atoms with Crippen LogP contribution in [-0.4, -0.2) is 12.2 Å². The molecule has 0 spiro atoms. The summed E-state index contributed by atoms with van der Waals surface area (Å²) in [5.74, 6) is 1.48. The number of rotatable bonds is 6. The summed E-state index contributed by atoms with van der Waals surface area (Å²) in [4.78, 5) is 5.97. The summed E-state index contributed by atoms with van der Waals surface area (Å²) in [6.07, 6.45) is 1.73. The van der Waals surface area contributed by atoms with E-state index in [0.29, 0.717) is 0 Å². The minimum Gasteiger partial charge on any atom is -0.497 e. The van der Waals surface area contributed by atoms with Crippen LogP contribution in [0.25, 0.3) is 0 Å². The molecule has 0 atom stereocenters. The second-order valence-corrected chi connectivity index (χ2v) is 7.33. The van der Waals surface area contributed by atoms with Crippen molar-refractivity contribution in [2.75, 3.05) is 7.11 Å². The summed E-state index contributed by atoms with van der Waals surface area (Å²) in [5, 5.41) is 0.887. The standard InChI is InChI=1S/C24H23NO2S/c1-18-12-14-20(15-13-18)25-24(28-23-10-5-4-6-11-23)19(2)17-27-22-9-7-8-21(16-22)26-3/h4-17H,1-3H3/b19-17+,25-24-. The van der Waals surface area contributed by atoms with Crippen molar-refractivity contribution in [1.29, 1.82) is 0 Å². The Morgan fingerprint density at radius 1 is 0.893 bits per heavy atom. The lowest BCUT2D eigenvalue weighted by molar-refractivity contribution is 0.408. The summed E-state index contributed by atoms with van der Waals surface area (Å²) < 4.78 is 11.1. The number of hydrogen-bond donors (Lipinski definition) is 0. The second kappa shape index (κ2) is 9.81. The zero-order valence-electron chi connectivity index (χ0n) is 16.3. The molecule has 28 heavy (non-hydrogen) atoms. The summed E-state index contributed by atoms with van der Waals surface area (Å²) in [5.41, 5.74) is 3.07. The molecule has 3 aromatic rings. The number of methoxy groups -OCH3 is 1. The first kappa shape index (κ1) is 19.8. The molecule has 0 unspecified atom stereocenters. The predicted octanol–water partition coefficient (Wildman–Crippen LogP) is 6.81. The number of aryl methyl sites for hydroxylation is 1. The van der Waals surface area contributed by atoms with E-state index in [4.69, 9.17) is 14.5 Å². The number of aliphatic imine (C=N–C) groups is 1. The smallest absolute Gasteiger partial charge is 0.130 e. The van der Waals surface area contributed by atoms with E-state index >= 15 is 0 Å². The van der Waals surface area contributed by atoms with Crippen molar-refractivity contribution in [3.63, 3.8) is 0 Å². The van der Waals surface area contributed by atoms with E-state index < -0.39 is 0 Å². The third kappa shape index (κ3) is 5.76. The van der Waals surface area contributed by atoms with Crippen molar-refractivity contribution in [3.05, 3.63) is 96.3 Å². The van der Waals surface area contributed by atoms with Crippen LogP contribution in [0.1, 0.15) is 12.5 Å². The molecule has 0 aromatic heterocycles. The molecular formula is C24H23NO2S. The highest BCUT2D eigenvalue weighted by Crippen LogP contribution is 2.27. The Balaban J connectivity index is 1.86. The maximum absolute atomic E-state index is 5.85. The van der Waals surface area contributed by atoms with Crippen LogP contribution in [0.4, 0.5) is 5.69 Å². The molecule has 3 rings (SSSR count). The molecule has 0 bridgehead atoms. The Hall–Kier alpha value is -2.98. The Kier molecular flexibility index (Phi) is 6.93. The molecule has 0 saturated heterocycles. The number of thioether (sulfide) groups is 1. The lowest BCUT2D eigenvalue weighted by atomic mass is 10.2. The van der Waals surface area contributed by atoms with Crippen molar-refractivity contribution in [1.82, 2.24) is 0 Å². The maximum Gasteiger partial charge on any atom is 0.130 e. The zero-order chi connectivity index (χ0) is 19.8. The first-order valence-electron chi connectivity index (χ1n) is 9.00. The Labute approximate surface area is 170 Å². The van der Waals surface area contributed by atoms with Crippen molar-refractivity contribution in [3.8, 4) is 11.5 Å². The molecule has 0 aliphatic heterocycles. The van der Waals surface area contributed by atoms with Gasteiger partial charge in [-0.05, 0) is 50.2 Å². The molecule has 0 N–H and O–H groups in total. The normalized spacial score (nSPS) is 12.0. The number of benzene rings is 3. The fourth-order valence-electron chi connectivity index (χ4n) is 2.41. The molecule has 4 heteroatoms. The van der Waals surface area contributed by atoms with Gasteiger partial charge in [0, 0.05) is 16.5 Å². The average molecular weight is 390 g/mol. The first-order valence-corrected chi connectivity index (χ1v) is 9.82. The quantitative estimate of drug-likeness (QED) is 0.201. The zero-order valence-corrected chi connectivity index (χ0v) is 17.1. The molecular weight excluding hydrogens is 366 g/mol. The molecule has 142 valence electrons. The van der Waals surface area contributed by atoms with Gasteiger partial charge in [-0.15, -0.1) is 0 Å². The minimum absolute atomic E-state index is 0.720. The molecule has 3 nitrogen and oxygen atoms in total. The van der Waals surface area contributed by atoms with E-state index in [1.165, 1.54) is 5.56 Å². The molecule has 0 radical (unpaired) electrons. The predicted molar refractivity (Wildman–Crippen MR) is 118 cm³/mol. The highest BCUT2D eigenvalue weighted by atomic mass is 32.2. The van der Waals surface area contributed by atoms with E-state index in [9.17, 15) is 0 Å². The number of hydrogen-bond acceptors (Lipinski definition) is 4. The summed E-state index contributed by atoms with van der Waals surface area (Å²) in [6, 6.07) is 25.9. The van der Waals surface area contributed by atoms with Gasteiger partial charge in [0.1, 0.15) is 16.5 Å². The van der Waals surface area contributed by atoms with Crippen LogP contribution in [0.15, 0.2) is 101 Å². The van der Waals surface area contributed by atoms with E-state index in [0.717, 1.165) is 32.7 Å². The molecule has 3 aromatic carbocycles. The van der Waals surface area contributed by atoms with Crippen molar-refractivity contribution < 1.29 is 9.47 Å². The van der Waals surface area contributed by atoms with E-state index in [-0.39, 0.29) is 0 Å². The third-order valence-electron chi connectivity index (χ3n) is 3.97. The van der Waals surface area contributed by atoms with Gasteiger partial charge in [-0.3, -0.25) is 0 Å². The highest BCUT2D eigenvalue weighted by Gasteiger charge is 2.07. The SMILES string of the molecule is COc1cccc(O/C=C(C)/C(=N/c2ccc(C)cc2)Sc2ccccc2)c1. The molecule has 0 heterocycles. The number of nitrogens with zero attached hydrogens (tertiary/aromatic N) is 1. The van der Waals surface area contributed by atoms with Crippen LogP contribution in [-0.2, 0) is 0 Å². The lowest BCUT2D eigenvalue weighted by Crippen LogP contribution is -1.97. The van der Waals surface area contributed by atoms with Crippen LogP contribution in [0.2, 0.25) is 0 Å². The van der Waals surface area contributed by atoms with Crippen LogP contribution in [0.5, 0.6) is 11.5 Å². The van der Waals surface area contributed by atoms with Crippen LogP contribution in [0, 0.1) is 6.92 Å². The summed E-state index contributed by atoms with van der Waals surface area (Å²) in [6.45, 7) is 4.07. The first-order chi connectivity index (χ1) is 13.6. The van der Waals surface area contributed by atoms with Gasteiger partial charge in [-0.1, -0.05) is 53.7 Å². The summed E-state index contributed by atoms with van der Waals surface area (Å²) in [7, 11) is 1.64. The largest absolute Gasteiger partial charge is 0.497 e. The van der Waals surface area contributed by atoms with Gasteiger partial charge in [0.05, 0.1) is 19.1 Å². The second-order valence-electron chi connectivity index (χ2n) is 6.27. The van der Waals surface area contributed by atoms with Gasteiger partial charge in [0.15, 0.2) is 0 Å². The van der Waals surface area contributed by atoms with Gasteiger partial charge in [-0.2, -0.15) is 0 Å². The van der Waals surface area contributed by atoms with Gasteiger partial charge in [0.25, 0.3) is 0 Å². The lowest BCUT2D eigenvalue weighted by Gasteiger charge is -2.09. The molecule has 0 saturated carbocycles. The molecule has 0 amide bonds. The summed E-state index contributed by atoms with van der Waals surface area (Å²) >= 11 is 1.62. The van der Waals surface area contributed by atoms with E-state index in [2.05, 4.69) is 31.2 Å². The molecule has 0 aliphatic rings. The van der Waals surface area contributed by atoms with E-state index in [1.54, 1.807) is 25.1 Å². The van der Waals surface area contributed by atoms with Crippen molar-refractivity contribution in [2.45, 2.75) is 18.7 Å². The van der Waals surface area contributed by atoms with E-state index in [1.807, 2.05) is 61.5 Å². The monoisotopic (exact) mass is 389 g/mol. The fourth-order valence-corrected chi connectivity index (χ4v) is 3.29. The van der Waals surface area contributed by atoms with Crippen molar-refractivity contribution in [2.24, 2.45) is 4.99 Å². The Bertz CT molecular complexity index is 963. The van der Waals surface area contributed by atoms with Crippen LogP contribution >= 0.6 is 11.8 Å². The average Bonchev–Trinajstić information content (AvgIpc) is 2.74. The minimum atomic E-state index is 0.720. The van der Waals surface area contributed by atoms with Gasteiger partial charge < -0.3 is 9.47 Å². The highest BCUT2D eigenvalue weighted by molar-refractivity contribution is 8.14. The topological polar surface area (TPSA) is 30.8 Å². The third-order valence-corrected chi connectivity index (χ3v) is 5.09. The maximum atomic E-state index is 5.85. The van der Waals surface area contributed by atoms with Crippen molar-refractivity contribution >= 4 is 22.5 Å².